The van der Waals surface area contributed by atoms with E-state index in [0.717, 1.165) is 11.2 Å². The summed E-state index contributed by atoms with van der Waals surface area (Å²) in [7, 11) is -6.98. The molecule has 112 valence electrons. The van der Waals surface area contributed by atoms with Gasteiger partial charge in [0.15, 0.2) is 0 Å². The maximum Gasteiger partial charge on any atom is 0.236 e. The molecule has 0 atom stereocenters. The van der Waals surface area contributed by atoms with Gasteiger partial charge in [0.25, 0.3) is 0 Å². The van der Waals surface area contributed by atoms with Crippen molar-refractivity contribution in [1.82, 2.24) is 0 Å². The highest BCUT2D eigenvalue weighted by atomic mass is 32.2. The highest BCUT2D eigenvalue weighted by molar-refractivity contribution is 8.00. The Hall–Kier alpha value is -0.930. The predicted octanol–water partition coefficient (Wildman–Crippen LogP) is 0.555. The highest BCUT2D eigenvalue weighted by Gasteiger charge is 2.28. The lowest BCUT2D eigenvalue weighted by Gasteiger charge is -2.30. The largest absolute Gasteiger partial charge is 0.399 e. The van der Waals surface area contributed by atoms with Crippen LogP contribution in [-0.4, -0.2) is 46.9 Å². The molecule has 20 heavy (non-hydrogen) atoms. The van der Waals surface area contributed by atoms with E-state index in [1.165, 1.54) is 4.31 Å². The van der Waals surface area contributed by atoms with Crippen molar-refractivity contribution in [2.75, 3.05) is 40.1 Å². The van der Waals surface area contributed by atoms with Gasteiger partial charge in [-0.1, -0.05) is 0 Å². The molecular formula is C11H16N2O4S3. The number of fused-ring (bicyclic) bond motifs is 1. The third kappa shape index (κ3) is 3.58. The maximum absolute atomic E-state index is 12.3. The van der Waals surface area contributed by atoms with Crippen LogP contribution in [0.2, 0.25) is 0 Å². The van der Waals surface area contributed by atoms with Crippen LogP contribution in [-0.2, 0) is 19.9 Å². The van der Waals surface area contributed by atoms with Crippen LogP contribution in [0.25, 0.3) is 0 Å². The molecule has 0 amide bonds. The van der Waals surface area contributed by atoms with Crippen molar-refractivity contribution < 1.29 is 16.8 Å². The lowest BCUT2D eigenvalue weighted by molar-refractivity contribution is 0.587. The topological polar surface area (TPSA) is 97.5 Å². The number of nitrogens with zero attached hydrogens (tertiary/aromatic N) is 1. The molecule has 0 bridgehead atoms. The first-order chi connectivity index (χ1) is 9.19. The molecule has 6 nitrogen and oxygen atoms in total. The van der Waals surface area contributed by atoms with Gasteiger partial charge in [0.05, 0.1) is 17.2 Å². The van der Waals surface area contributed by atoms with E-state index in [4.69, 9.17) is 5.73 Å². The first-order valence-electron chi connectivity index (χ1n) is 5.89. The van der Waals surface area contributed by atoms with Gasteiger partial charge in [0.1, 0.15) is 9.84 Å². The second kappa shape index (κ2) is 5.45. The fourth-order valence-electron chi connectivity index (χ4n) is 1.87. The second-order valence-electron chi connectivity index (χ2n) is 4.59. The Labute approximate surface area is 123 Å². The molecule has 0 fully saturated rings. The summed E-state index contributed by atoms with van der Waals surface area (Å²) in [6, 6.07) is 5.12. The number of sulfone groups is 1. The Kier molecular flexibility index (Phi) is 4.22. The smallest absolute Gasteiger partial charge is 0.236 e. The molecule has 1 aromatic carbocycles. The van der Waals surface area contributed by atoms with E-state index in [2.05, 4.69) is 0 Å². The Morgan fingerprint density at radius 1 is 1.25 bits per heavy atom. The molecule has 0 radical (unpaired) electrons. The van der Waals surface area contributed by atoms with Gasteiger partial charge < -0.3 is 5.73 Å². The quantitative estimate of drug-likeness (QED) is 0.807. The molecule has 1 aliphatic heterocycles. The first kappa shape index (κ1) is 15.5. The van der Waals surface area contributed by atoms with E-state index in [9.17, 15) is 16.8 Å². The minimum atomic E-state index is -3.66. The fourth-order valence-corrected chi connectivity index (χ4v) is 6.11. The molecule has 0 saturated carbocycles. The summed E-state index contributed by atoms with van der Waals surface area (Å²) in [5, 5.41) is 0. The number of rotatable bonds is 4. The van der Waals surface area contributed by atoms with E-state index >= 15 is 0 Å². The average Bonchev–Trinajstić information content (AvgIpc) is 2.35. The van der Waals surface area contributed by atoms with E-state index in [1.807, 2.05) is 0 Å². The molecule has 0 saturated heterocycles. The van der Waals surface area contributed by atoms with Crippen molar-refractivity contribution in [1.29, 1.82) is 0 Å². The van der Waals surface area contributed by atoms with Crippen molar-refractivity contribution in [2.45, 2.75) is 4.90 Å². The Morgan fingerprint density at radius 2 is 1.95 bits per heavy atom. The fraction of sp³-hybridized carbons (Fsp3) is 0.455. The third-order valence-corrected chi connectivity index (χ3v) is 6.87. The van der Waals surface area contributed by atoms with E-state index < -0.39 is 25.6 Å². The van der Waals surface area contributed by atoms with Crippen molar-refractivity contribution in [2.24, 2.45) is 0 Å². The molecule has 1 heterocycles. The normalized spacial score (nSPS) is 15.9. The average molecular weight is 336 g/mol. The zero-order valence-electron chi connectivity index (χ0n) is 10.9. The molecule has 1 aromatic rings. The zero-order valence-corrected chi connectivity index (χ0v) is 13.4. The summed E-state index contributed by atoms with van der Waals surface area (Å²) >= 11 is 1.56. The molecular weight excluding hydrogens is 320 g/mol. The third-order valence-electron chi connectivity index (χ3n) is 2.85. The summed E-state index contributed by atoms with van der Waals surface area (Å²) in [6.07, 6.45) is 1.03. The molecule has 0 spiro atoms. The van der Waals surface area contributed by atoms with E-state index in [-0.39, 0.29) is 5.75 Å². The number of benzene rings is 1. The van der Waals surface area contributed by atoms with Gasteiger partial charge in [0, 0.05) is 29.1 Å². The molecule has 0 aliphatic carbocycles. The van der Waals surface area contributed by atoms with Gasteiger partial charge in [0.2, 0.25) is 10.0 Å². The molecule has 0 aromatic heterocycles. The molecule has 0 unspecified atom stereocenters. The number of anilines is 2. The van der Waals surface area contributed by atoms with Gasteiger partial charge in [-0.3, -0.25) is 4.31 Å². The Morgan fingerprint density at radius 3 is 2.60 bits per heavy atom. The Balaban J connectivity index is 2.33. The molecule has 9 heteroatoms. The van der Waals surface area contributed by atoms with E-state index in [0.29, 0.717) is 23.7 Å². The van der Waals surface area contributed by atoms with Crippen LogP contribution >= 0.6 is 11.8 Å². The highest BCUT2D eigenvalue weighted by Crippen LogP contribution is 2.37. The first-order valence-corrected chi connectivity index (χ1v) is 10.5. The maximum atomic E-state index is 12.3. The number of nitrogen functional groups attached to an aromatic ring is 1. The van der Waals surface area contributed by atoms with Crippen LogP contribution in [0, 0.1) is 0 Å². The van der Waals surface area contributed by atoms with Crippen molar-refractivity contribution >= 4 is 43.0 Å². The van der Waals surface area contributed by atoms with Crippen LogP contribution in [0.5, 0.6) is 0 Å². The van der Waals surface area contributed by atoms with Crippen molar-refractivity contribution in [3.8, 4) is 0 Å². The number of nitrogens with two attached hydrogens (primary N) is 1. The van der Waals surface area contributed by atoms with Gasteiger partial charge in [-0.15, -0.1) is 11.8 Å². The molecule has 2 N–H and O–H groups in total. The minimum absolute atomic E-state index is 0.327. The summed E-state index contributed by atoms with van der Waals surface area (Å²) in [5.41, 5.74) is 6.72. The number of hydrogen-bond donors (Lipinski definition) is 1. The Bertz CT molecular complexity index is 713. The lowest BCUT2D eigenvalue weighted by Crippen LogP contribution is -2.38. The number of thioether (sulfide) groups is 1. The predicted molar refractivity (Wildman–Crippen MR) is 82.4 cm³/mol. The standard InChI is InChI=1S/C11H16N2O4S3/c1-19(14,15)6-7-20(16,17)13-4-5-18-11-3-2-9(12)8-10(11)13/h2-3,8H,4-7,12H2,1H3. The van der Waals surface area contributed by atoms with Crippen LogP contribution < -0.4 is 10.0 Å². The monoisotopic (exact) mass is 336 g/mol. The number of sulfonamides is 1. The SMILES string of the molecule is CS(=O)(=O)CCS(=O)(=O)N1CCSc2ccc(N)cc21. The van der Waals surface area contributed by atoms with Crippen LogP contribution in [0.15, 0.2) is 23.1 Å². The van der Waals surface area contributed by atoms with Gasteiger partial charge in [-0.25, -0.2) is 16.8 Å². The molecule has 1 aliphatic rings. The van der Waals surface area contributed by atoms with Crippen molar-refractivity contribution in [3.05, 3.63) is 18.2 Å². The number of hydrogen-bond acceptors (Lipinski definition) is 6. The second-order valence-corrected chi connectivity index (χ2v) is 10.0. The van der Waals surface area contributed by atoms with Crippen LogP contribution in [0.4, 0.5) is 11.4 Å². The van der Waals surface area contributed by atoms with Gasteiger partial charge >= 0.3 is 0 Å². The lowest BCUT2D eigenvalue weighted by atomic mass is 10.3. The van der Waals surface area contributed by atoms with Crippen LogP contribution in [0.1, 0.15) is 0 Å². The van der Waals surface area contributed by atoms with Gasteiger partial charge in [-0.05, 0) is 18.2 Å². The molecule has 2 rings (SSSR count). The van der Waals surface area contributed by atoms with Gasteiger partial charge in [-0.2, -0.15) is 0 Å². The minimum Gasteiger partial charge on any atom is -0.399 e. The summed E-state index contributed by atoms with van der Waals surface area (Å²) in [6.45, 7) is 0.327. The summed E-state index contributed by atoms with van der Waals surface area (Å²) in [4.78, 5) is 0.841. The van der Waals surface area contributed by atoms with Crippen molar-refractivity contribution in [3.63, 3.8) is 0 Å². The van der Waals surface area contributed by atoms with Crippen LogP contribution in [0.3, 0.4) is 0 Å². The summed E-state index contributed by atoms with van der Waals surface area (Å²) < 4.78 is 48.2. The zero-order chi connectivity index (χ0) is 15.0. The van der Waals surface area contributed by atoms with E-state index in [1.54, 1.807) is 30.0 Å². The summed E-state index contributed by atoms with van der Waals surface area (Å²) in [5.74, 6) is -0.156.